The number of hydrogen-bond donors (Lipinski definition) is 3. The molecule has 1 amide bonds. The highest BCUT2D eigenvalue weighted by molar-refractivity contribution is 6.02. The van der Waals surface area contributed by atoms with Crippen molar-refractivity contribution < 1.29 is 14.3 Å². The van der Waals surface area contributed by atoms with Crippen LogP contribution in [0.5, 0.6) is 5.75 Å². The van der Waals surface area contributed by atoms with Crippen LogP contribution >= 0.6 is 0 Å². The van der Waals surface area contributed by atoms with Crippen molar-refractivity contribution in [3.8, 4) is 5.75 Å². The van der Waals surface area contributed by atoms with Gasteiger partial charge in [0.05, 0.1) is 23.8 Å². The van der Waals surface area contributed by atoms with Gasteiger partial charge in [0, 0.05) is 11.6 Å². The normalized spacial score (nSPS) is 12.6. The molecule has 0 aliphatic heterocycles. The molecule has 1 unspecified atom stereocenters. The van der Waals surface area contributed by atoms with E-state index in [0.29, 0.717) is 17.8 Å². The Hall–Kier alpha value is -2.96. The molecule has 1 heterocycles. The summed E-state index contributed by atoms with van der Waals surface area (Å²) in [6.07, 6.45) is 3.15. The lowest BCUT2D eigenvalue weighted by molar-refractivity contribution is -0.121. The summed E-state index contributed by atoms with van der Waals surface area (Å²) in [5.41, 5.74) is 6.23. The molecule has 3 N–H and O–H groups in total. The number of rotatable bonds is 6. The molecule has 2 rings (SSSR count). The number of phenols is 1. The molecule has 0 aliphatic rings. The summed E-state index contributed by atoms with van der Waals surface area (Å²) in [6.45, 7) is 7.32. The SMILES string of the molecule is CC/C(=N\NC(=O)C(C)Nc1cncc(F)c1)c1ccc(O)c(C)c1C. The van der Waals surface area contributed by atoms with Gasteiger partial charge in [-0.25, -0.2) is 9.82 Å². The van der Waals surface area contributed by atoms with Crippen LogP contribution < -0.4 is 10.7 Å². The number of aromatic hydroxyl groups is 1. The van der Waals surface area contributed by atoms with Gasteiger partial charge in [-0.2, -0.15) is 5.10 Å². The lowest BCUT2D eigenvalue weighted by Gasteiger charge is -2.15. The van der Waals surface area contributed by atoms with Crippen LogP contribution in [0.2, 0.25) is 0 Å². The Morgan fingerprint density at radius 3 is 2.69 bits per heavy atom. The van der Waals surface area contributed by atoms with E-state index in [1.165, 1.54) is 12.3 Å². The zero-order chi connectivity index (χ0) is 19.3. The van der Waals surface area contributed by atoms with E-state index in [2.05, 4.69) is 20.8 Å². The van der Waals surface area contributed by atoms with Gasteiger partial charge in [-0.15, -0.1) is 0 Å². The van der Waals surface area contributed by atoms with Gasteiger partial charge in [0.25, 0.3) is 5.91 Å². The highest BCUT2D eigenvalue weighted by Crippen LogP contribution is 2.23. The Morgan fingerprint density at radius 1 is 1.31 bits per heavy atom. The number of hydrazone groups is 1. The van der Waals surface area contributed by atoms with Crippen LogP contribution in [0.4, 0.5) is 10.1 Å². The second-order valence-electron chi connectivity index (χ2n) is 6.03. The fourth-order valence-corrected chi connectivity index (χ4v) is 2.47. The first kappa shape index (κ1) is 19.4. The third-order valence-electron chi connectivity index (χ3n) is 4.19. The van der Waals surface area contributed by atoms with Crippen molar-refractivity contribution in [2.75, 3.05) is 5.32 Å². The summed E-state index contributed by atoms with van der Waals surface area (Å²) in [5, 5.41) is 16.9. The van der Waals surface area contributed by atoms with Crippen LogP contribution in [0.3, 0.4) is 0 Å². The van der Waals surface area contributed by atoms with Crippen LogP contribution in [0.25, 0.3) is 0 Å². The van der Waals surface area contributed by atoms with E-state index in [9.17, 15) is 14.3 Å². The highest BCUT2D eigenvalue weighted by Gasteiger charge is 2.14. The molecule has 0 aliphatic carbocycles. The first-order valence-corrected chi connectivity index (χ1v) is 8.36. The standard InChI is InChI=1S/C19H23FN4O2/c1-5-17(16-6-7-18(25)12(3)11(16)2)23-24-19(26)13(4)22-15-8-14(20)9-21-10-15/h6-10,13,22,25H,5H2,1-4H3,(H,24,26)/b23-17+. The van der Waals surface area contributed by atoms with Crippen molar-refractivity contribution in [1.82, 2.24) is 10.4 Å². The van der Waals surface area contributed by atoms with E-state index in [4.69, 9.17) is 0 Å². The van der Waals surface area contributed by atoms with Crippen molar-refractivity contribution in [1.29, 1.82) is 0 Å². The Labute approximate surface area is 152 Å². The largest absolute Gasteiger partial charge is 0.508 e. The number of nitrogens with one attached hydrogen (secondary N) is 2. The van der Waals surface area contributed by atoms with E-state index in [1.54, 1.807) is 19.1 Å². The van der Waals surface area contributed by atoms with Crippen molar-refractivity contribution in [3.05, 3.63) is 53.1 Å². The third-order valence-corrected chi connectivity index (χ3v) is 4.19. The van der Waals surface area contributed by atoms with Crippen molar-refractivity contribution in [3.63, 3.8) is 0 Å². The van der Waals surface area contributed by atoms with Crippen LogP contribution in [-0.4, -0.2) is 27.8 Å². The summed E-state index contributed by atoms with van der Waals surface area (Å²) in [4.78, 5) is 16.0. The van der Waals surface area contributed by atoms with Crippen LogP contribution in [-0.2, 0) is 4.79 Å². The molecule has 0 saturated carbocycles. The molecule has 26 heavy (non-hydrogen) atoms. The summed E-state index contributed by atoms with van der Waals surface area (Å²) in [7, 11) is 0. The predicted molar refractivity (Wildman–Crippen MR) is 99.8 cm³/mol. The summed E-state index contributed by atoms with van der Waals surface area (Å²) >= 11 is 0. The maximum Gasteiger partial charge on any atom is 0.262 e. The first-order chi connectivity index (χ1) is 12.3. The van der Waals surface area contributed by atoms with E-state index >= 15 is 0 Å². The lowest BCUT2D eigenvalue weighted by Crippen LogP contribution is -2.35. The zero-order valence-electron chi connectivity index (χ0n) is 15.3. The third kappa shape index (κ3) is 4.56. The molecular weight excluding hydrogens is 335 g/mol. The lowest BCUT2D eigenvalue weighted by atomic mass is 9.98. The number of amides is 1. The van der Waals surface area contributed by atoms with Crippen molar-refractivity contribution in [2.45, 2.75) is 40.2 Å². The minimum absolute atomic E-state index is 0.229. The number of hydrogen-bond acceptors (Lipinski definition) is 5. The van der Waals surface area contributed by atoms with Gasteiger partial charge in [-0.3, -0.25) is 9.78 Å². The van der Waals surface area contributed by atoms with E-state index < -0.39 is 11.9 Å². The number of carbonyl (C=O) groups excluding carboxylic acids is 1. The van der Waals surface area contributed by atoms with E-state index in [1.807, 2.05) is 20.8 Å². The number of pyridine rings is 1. The number of carbonyl (C=O) groups is 1. The fourth-order valence-electron chi connectivity index (χ4n) is 2.47. The fraction of sp³-hybridized carbons (Fsp3) is 0.316. The number of aromatic nitrogens is 1. The molecule has 1 aromatic heterocycles. The van der Waals surface area contributed by atoms with Crippen LogP contribution in [0, 0.1) is 19.7 Å². The smallest absolute Gasteiger partial charge is 0.262 e. The van der Waals surface area contributed by atoms with Crippen LogP contribution in [0.1, 0.15) is 37.0 Å². The van der Waals surface area contributed by atoms with Gasteiger partial charge >= 0.3 is 0 Å². The Balaban J connectivity index is 2.10. The Bertz CT molecular complexity index is 836. The van der Waals surface area contributed by atoms with Gasteiger partial charge in [0.1, 0.15) is 17.6 Å². The number of nitrogens with zero attached hydrogens (tertiary/aromatic N) is 2. The Morgan fingerprint density at radius 2 is 2.04 bits per heavy atom. The molecule has 0 radical (unpaired) electrons. The molecule has 0 fully saturated rings. The number of halogens is 1. The molecule has 1 aromatic carbocycles. The average Bonchev–Trinajstić information content (AvgIpc) is 2.61. The van der Waals surface area contributed by atoms with Gasteiger partial charge in [0.15, 0.2) is 0 Å². The quantitative estimate of drug-likeness (QED) is 0.546. The molecule has 0 bridgehead atoms. The van der Waals surface area contributed by atoms with Gasteiger partial charge in [-0.05, 0) is 50.5 Å². The first-order valence-electron chi connectivity index (χ1n) is 8.36. The summed E-state index contributed by atoms with van der Waals surface area (Å²) in [5.74, 6) is -0.604. The molecule has 1 atom stereocenters. The van der Waals surface area contributed by atoms with E-state index in [-0.39, 0.29) is 11.7 Å². The molecule has 2 aromatic rings. The number of phenolic OH excluding ortho intramolecular Hbond substituents is 1. The van der Waals surface area contributed by atoms with Gasteiger partial charge < -0.3 is 10.4 Å². The second kappa shape index (κ2) is 8.42. The molecule has 6 nitrogen and oxygen atoms in total. The van der Waals surface area contributed by atoms with Crippen molar-refractivity contribution in [2.24, 2.45) is 5.10 Å². The minimum Gasteiger partial charge on any atom is -0.508 e. The predicted octanol–water partition coefficient (Wildman–Crippen LogP) is 3.27. The van der Waals surface area contributed by atoms with E-state index in [0.717, 1.165) is 22.9 Å². The van der Waals surface area contributed by atoms with Gasteiger partial charge in [0.2, 0.25) is 0 Å². The average molecular weight is 358 g/mol. The second-order valence-corrected chi connectivity index (χ2v) is 6.03. The van der Waals surface area contributed by atoms with Gasteiger partial charge in [-0.1, -0.05) is 6.92 Å². The number of anilines is 1. The molecular formula is C19H23FN4O2. The summed E-state index contributed by atoms with van der Waals surface area (Å²) in [6, 6.07) is 4.04. The monoisotopic (exact) mass is 358 g/mol. The van der Waals surface area contributed by atoms with Crippen molar-refractivity contribution >= 4 is 17.3 Å². The Kier molecular flexibility index (Phi) is 6.27. The minimum atomic E-state index is -0.622. The topological polar surface area (TPSA) is 86.6 Å². The molecule has 0 spiro atoms. The molecule has 7 heteroatoms. The zero-order valence-corrected chi connectivity index (χ0v) is 15.3. The maximum atomic E-state index is 13.2. The van der Waals surface area contributed by atoms with Crippen LogP contribution in [0.15, 0.2) is 35.7 Å². The number of benzene rings is 1. The highest BCUT2D eigenvalue weighted by atomic mass is 19.1. The molecule has 0 saturated heterocycles. The summed E-state index contributed by atoms with van der Waals surface area (Å²) < 4.78 is 13.2. The molecule has 138 valence electrons. The maximum absolute atomic E-state index is 13.2.